The van der Waals surface area contributed by atoms with Gasteiger partial charge in [-0.1, -0.05) is 24.3 Å². The molecule has 0 atom stereocenters. The highest BCUT2D eigenvalue weighted by atomic mass is 16.5. The third-order valence-corrected chi connectivity index (χ3v) is 4.95. The van der Waals surface area contributed by atoms with Gasteiger partial charge in [0.15, 0.2) is 0 Å². The fraction of sp³-hybridized carbons (Fsp3) is 0.381. The van der Waals surface area contributed by atoms with E-state index in [1.165, 1.54) is 11.1 Å². The van der Waals surface area contributed by atoms with Crippen molar-refractivity contribution in [3.8, 4) is 5.75 Å². The molecule has 0 aliphatic rings. The van der Waals surface area contributed by atoms with E-state index in [0.717, 1.165) is 49.9 Å². The molecule has 5 heteroatoms. The minimum Gasteiger partial charge on any atom is -0.497 e. The van der Waals surface area contributed by atoms with Crippen LogP contribution in [0.1, 0.15) is 19.4 Å². The Kier molecular flexibility index (Phi) is 6.12. The van der Waals surface area contributed by atoms with Gasteiger partial charge in [-0.05, 0) is 43.7 Å². The fourth-order valence-corrected chi connectivity index (χ4v) is 3.23. The van der Waals surface area contributed by atoms with Crippen LogP contribution in [0.3, 0.4) is 0 Å². The molecule has 3 rings (SSSR count). The van der Waals surface area contributed by atoms with Crippen LogP contribution in [0.2, 0.25) is 0 Å². The topological polar surface area (TPSA) is 43.5 Å². The highest BCUT2D eigenvalue weighted by molar-refractivity contribution is 5.78. The number of nitrogens with one attached hydrogen (secondary N) is 2. The first-order valence-electron chi connectivity index (χ1n) is 9.40. The molecule has 5 nitrogen and oxygen atoms in total. The summed E-state index contributed by atoms with van der Waals surface area (Å²) < 4.78 is 7.54. The predicted octanol–water partition coefficient (Wildman–Crippen LogP) is 2.58. The largest absolute Gasteiger partial charge is 0.497 e. The zero-order chi connectivity index (χ0) is 18.4. The normalized spacial score (nSPS) is 11.2. The number of para-hydroxylation sites is 2. The van der Waals surface area contributed by atoms with Crippen molar-refractivity contribution in [1.82, 2.24) is 9.55 Å². The van der Waals surface area contributed by atoms with Crippen LogP contribution < -0.4 is 15.0 Å². The number of quaternary nitrogens is 1. The molecule has 26 heavy (non-hydrogen) atoms. The number of hydrogen-bond donors (Lipinski definition) is 2. The predicted molar refractivity (Wildman–Crippen MR) is 107 cm³/mol. The SMILES string of the molecule is CC[NH+](CC)CCn1c(NCc2ccc(OC)cc2)nc2ccccc21. The number of fused-ring (bicyclic) bond motifs is 1. The molecule has 0 radical (unpaired) electrons. The number of nitrogens with zero attached hydrogens (tertiary/aromatic N) is 2. The molecule has 3 aromatic rings. The molecule has 0 unspecified atom stereocenters. The summed E-state index contributed by atoms with van der Waals surface area (Å²) in [5.41, 5.74) is 3.44. The van der Waals surface area contributed by atoms with E-state index < -0.39 is 0 Å². The number of rotatable bonds is 9. The fourth-order valence-electron chi connectivity index (χ4n) is 3.23. The standard InChI is InChI=1S/C21H28N4O/c1-4-24(5-2)14-15-25-20-9-7-6-8-19(20)23-21(25)22-16-17-10-12-18(26-3)13-11-17/h6-13H,4-5,14-16H2,1-3H3,(H,22,23)/p+1. The summed E-state index contributed by atoms with van der Waals surface area (Å²) in [6.07, 6.45) is 0. The first-order valence-corrected chi connectivity index (χ1v) is 9.40. The number of ether oxygens (including phenoxy) is 1. The van der Waals surface area contributed by atoms with Gasteiger partial charge in [0.05, 0.1) is 44.3 Å². The Balaban J connectivity index is 1.78. The number of anilines is 1. The van der Waals surface area contributed by atoms with Gasteiger partial charge in [-0.3, -0.25) is 0 Å². The molecular weight excluding hydrogens is 324 g/mol. The van der Waals surface area contributed by atoms with Crippen LogP contribution in [0.5, 0.6) is 5.75 Å². The van der Waals surface area contributed by atoms with Crippen molar-refractivity contribution in [2.24, 2.45) is 0 Å². The molecule has 138 valence electrons. The van der Waals surface area contributed by atoms with Gasteiger partial charge in [-0.2, -0.15) is 0 Å². The van der Waals surface area contributed by atoms with Crippen molar-refractivity contribution >= 4 is 17.0 Å². The lowest BCUT2D eigenvalue weighted by Crippen LogP contribution is -3.11. The molecular formula is C21H29N4O+. The van der Waals surface area contributed by atoms with Crippen molar-refractivity contribution in [2.75, 3.05) is 32.1 Å². The zero-order valence-corrected chi connectivity index (χ0v) is 16.0. The second-order valence-corrected chi connectivity index (χ2v) is 6.48. The number of hydrogen-bond acceptors (Lipinski definition) is 3. The molecule has 2 N–H and O–H groups in total. The molecule has 0 bridgehead atoms. The quantitative estimate of drug-likeness (QED) is 0.621. The van der Waals surface area contributed by atoms with E-state index in [4.69, 9.17) is 9.72 Å². The average molecular weight is 353 g/mol. The Morgan fingerprint density at radius 2 is 1.77 bits per heavy atom. The van der Waals surface area contributed by atoms with Gasteiger partial charge >= 0.3 is 0 Å². The Labute approximate surface area is 155 Å². The monoisotopic (exact) mass is 353 g/mol. The van der Waals surface area contributed by atoms with E-state index in [1.54, 1.807) is 12.0 Å². The second-order valence-electron chi connectivity index (χ2n) is 6.48. The summed E-state index contributed by atoms with van der Waals surface area (Å²) >= 11 is 0. The summed E-state index contributed by atoms with van der Waals surface area (Å²) in [4.78, 5) is 6.41. The first kappa shape index (κ1) is 18.3. The van der Waals surface area contributed by atoms with E-state index in [1.807, 2.05) is 18.2 Å². The van der Waals surface area contributed by atoms with Crippen LogP contribution in [0.4, 0.5) is 5.95 Å². The van der Waals surface area contributed by atoms with Crippen molar-refractivity contribution in [2.45, 2.75) is 26.9 Å². The number of imidazole rings is 1. The molecule has 0 fully saturated rings. The second kappa shape index (κ2) is 8.72. The van der Waals surface area contributed by atoms with Crippen LogP contribution in [-0.2, 0) is 13.1 Å². The van der Waals surface area contributed by atoms with Crippen molar-refractivity contribution < 1.29 is 9.64 Å². The van der Waals surface area contributed by atoms with E-state index in [-0.39, 0.29) is 0 Å². The lowest BCUT2D eigenvalue weighted by molar-refractivity contribution is -0.897. The zero-order valence-electron chi connectivity index (χ0n) is 16.0. The van der Waals surface area contributed by atoms with Crippen LogP contribution in [0, 0.1) is 0 Å². The van der Waals surface area contributed by atoms with E-state index >= 15 is 0 Å². The number of likely N-dealkylation sites (N-methyl/N-ethyl adjacent to an activating group) is 1. The van der Waals surface area contributed by atoms with Gasteiger partial charge in [0.1, 0.15) is 5.75 Å². The van der Waals surface area contributed by atoms with Crippen LogP contribution in [0.15, 0.2) is 48.5 Å². The summed E-state index contributed by atoms with van der Waals surface area (Å²) in [6.45, 7) is 9.59. The molecule has 0 saturated heterocycles. The van der Waals surface area contributed by atoms with E-state index in [2.05, 4.69) is 54.1 Å². The Bertz CT molecular complexity index is 822. The maximum Gasteiger partial charge on any atom is 0.204 e. The summed E-state index contributed by atoms with van der Waals surface area (Å²) in [5.74, 6) is 1.82. The molecule has 0 aliphatic heterocycles. The van der Waals surface area contributed by atoms with Gasteiger partial charge < -0.3 is 19.5 Å². The van der Waals surface area contributed by atoms with E-state index in [0.29, 0.717) is 0 Å². The van der Waals surface area contributed by atoms with Gasteiger partial charge in [0, 0.05) is 6.54 Å². The van der Waals surface area contributed by atoms with Crippen LogP contribution in [-0.4, -0.2) is 36.3 Å². The van der Waals surface area contributed by atoms with Crippen molar-refractivity contribution in [3.05, 3.63) is 54.1 Å². The average Bonchev–Trinajstić information content (AvgIpc) is 3.05. The van der Waals surface area contributed by atoms with Gasteiger partial charge in [-0.25, -0.2) is 4.98 Å². The Morgan fingerprint density at radius 3 is 2.46 bits per heavy atom. The number of methoxy groups -OCH3 is 1. The van der Waals surface area contributed by atoms with Gasteiger partial charge in [-0.15, -0.1) is 0 Å². The number of benzene rings is 2. The molecule has 0 aliphatic carbocycles. The Hall–Kier alpha value is -2.53. The van der Waals surface area contributed by atoms with Crippen LogP contribution in [0.25, 0.3) is 11.0 Å². The summed E-state index contributed by atoms with van der Waals surface area (Å²) in [5, 5.41) is 3.52. The van der Waals surface area contributed by atoms with Crippen LogP contribution >= 0.6 is 0 Å². The molecule has 0 spiro atoms. The summed E-state index contributed by atoms with van der Waals surface area (Å²) in [6, 6.07) is 16.5. The maximum absolute atomic E-state index is 5.23. The lowest BCUT2D eigenvalue weighted by Gasteiger charge is -2.17. The summed E-state index contributed by atoms with van der Waals surface area (Å²) in [7, 11) is 1.69. The minimum atomic E-state index is 0.742. The smallest absolute Gasteiger partial charge is 0.204 e. The van der Waals surface area contributed by atoms with Crippen molar-refractivity contribution in [1.29, 1.82) is 0 Å². The highest BCUT2D eigenvalue weighted by Gasteiger charge is 2.12. The molecule has 1 heterocycles. The first-order chi connectivity index (χ1) is 12.7. The van der Waals surface area contributed by atoms with Gasteiger partial charge in [0.25, 0.3) is 0 Å². The minimum absolute atomic E-state index is 0.742. The Morgan fingerprint density at radius 1 is 1.04 bits per heavy atom. The van der Waals surface area contributed by atoms with Crippen molar-refractivity contribution in [3.63, 3.8) is 0 Å². The highest BCUT2D eigenvalue weighted by Crippen LogP contribution is 2.20. The third kappa shape index (κ3) is 4.17. The van der Waals surface area contributed by atoms with E-state index in [9.17, 15) is 0 Å². The molecule has 0 amide bonds. The number of aromatic nitrogens is 2. The molecule has 1 aromatic heterocycles. The molecule has 2 aromatic carbocycles. The third-order valence-electron chi connectivity index (χ3n) is 4.95. The molecule has 0 saturated carbocycles. The maximum atomic E-state index is 5.23. The van der Waals surface area contributed by atoms with Gasteiger partial charge in [0.2, 0.25) is 5.95 Å². The lowest BCUT2D eigenvalue weighted by atomic mass is 10.2.